The summed E-state index contributed by atoms with van der Waals surface area (Å²) < 4.78 is 2.00. The molecule has 0 saturated heterocycles. The lowest BCUT2D eigenvalue weighted by molar-refractivity contribution is 0.0949. The van der Waals surface area contributed by atoms with Gasteiger partial charge in [-0.25, -0.2) is 0 Å². The van der Waals surface area contributed by atoms with Crippen molar-refractivity contribution in [3.05, 3.63) is 35.0 Å². The topological polar surface area (TPSA) is 79.3 Å². The van der Waals surface area contributed by atoms with Crippen LogP contribution < -0.4 is 10.6 Å². The smallest absolute Gasteiger partial charge is 0.251 e. The van der Waals surface area contributed by atoms with Gasteiger partial charge in [0.25, 0.3) is 5.91 Å². The quantitative estimate of drug-likeness (QED) is 0.361. The van der Waals surface area contributed by atoms with Crippen LogP contribution in [0, 0.1) is 6.92 Å². The Morgan fingerprint density at radius 1 is 1.14 bits per heavy atom. The minimum atomic E-state index is -0.0636. The van der Waals surface area contributed by atoms with Crippen molar-refractivity contribution in [2.75, 3.05) is 32.5 Å². The van der Waals surface area contributed by atoms with Gasteiger partial charge in [0.1, 0.15) is 0 Å². The average Bonchev–Trinajstić information content (AvgIpc) is 3.56. The van der Waals surface area contributed by atoms with Crippen LogP contribution in [0.3, 0.4) is 0 Å². The molecule has 2 N–H and O–H groups in total. The number of anilines is 1. The highest BCUT2D eigenvalue weighted by molar-refractivity contribution is 5.99. The molecule has 2 fully saturated rings. The second-order valence-corrected chi connectivity index (χ2v) is 10.3. The molecule has 0 bridgehead atoms. The highest BCUT2D eigenvalue weighted by Gasteiger charge is 2.25. The molecule has 2 aliphatic carbocycles. The van der Waals surface area contributed by atoms with E-state index in [1.54, 1.807) is 6.20 Å². The number of hydrogen-bond donors (Lipinski definition) is 2. The van der Waals surface area contributed by atoms with Gasteiger partial charge in [-0.1, -0.05) is 32.1 Å². The van der Waals surface area contributed by atoms with Crippen LogP contribution in [-0.4, -0.2) is 60.1 Å². The van der Waals surface area contributed by atoms with Gasteiger partial charge >= 0.3 is 0 Å². The van der Waals surface area contributed by atoms with Crippen molar-refractivity contribution in [1.29, 1.82) is 0 Å². The van der Waals surface area contributed by atoms with E-state index in [0.717, 1.165) is 54.6 Å². The summed E-state index contributed by atoms with van der Waals surface area (Å²) >= 11 is 0. The van der Waals surface area contributed by atoms with Crippen molar-refractivity contribution in [3.63, 3.8) is 0 Å². The summed E-state index contributed by atoms with van der Waals surface area (Å²) in [5.41, 5.74) is 4.68. The Labute approximate surface area is 209 Å². The van der Waals surface area contributed by atoms with E-state index in [1.807, 2.05) is 30.8 Å². The molecule has 35 heavy (non-hydrogen) atoms. The zero-order valence-corrected chi connectivity index (χ0v) is 21.6. The second kappa shape index (κ2) is 11.8. The maximum Gasteiger partial charge on any atom is 0.251 e. The number of rotatable bonds is 10. The minimum Gasteiger partial charge on any atom is -0.388 e. The van der Waals surface area contributed by atoms with Crippen LogP contribution in [0.15, 0.2) is 18.3 Å². The third-order valence-electron chi connectivity index (χ3n) is 7.93. The molecule has 0 atom stereocenters. The molecule has 0 radical (unpaired) electrons. The molecule has 4 rings (SSSR count). The monoisotopic (exact) mass is 479 g/mol. The largest absolute Gasteiger partial charge is 0.388 e. The van der Waals surface area contributed by atoms with E-state index in [1.165, 1.54) is 44.9 Å². The third kappa shape index (κ3) is 5.77. The zero-order chi connectivity index (χ0) is 24.8. The first-order valence-electron chi connectivity index (χ1n) is 13.4. The maximum atomic E-state index is 13.2. The molecule has 0 spiro atoms. The molecule has 190 valence electrons. The molecule has 1 amide bonds. The number of amides is 1. The predicted octanol–water partition coefficient (Wildman–Crippen LogP) is 5.21. The SMILES string of the molecule is CNc1cc(C)c(C(=O)NCCCN(C)C2CCCCC2)cc1-c1c(C=O)cnn1C1CCCC1. The molecular weight excluding hydrogens is 438 g/mol. The molecule has 1 aromatic heterocycles. The van der Waals surface area contributed by atoms with E-state index in [-0.39, 0.29) is 5.91 Å². The highest BCUT2D eigenvalue weighted by atomic mass is 16.1. The van der Waals surface area contributed by atoms with Crippen molar-refractivity contribution < 1.29 is 9.59 Å². The number of benzene rings is 1. The van der Waals surface area contributed by atoms with Gasteiger partial charge in [-0.3, -0.25) is 14.3 Å². The van der Waals surface area contributed by atoms with Gasteiger partial charge in [0.2, 0.25) is 0 Å². The lowest BCUT2D eigenvalue weighted by atomic mass is 9.94. The lowest BCUT2D eigenvalue weighted by Crippen LogP contribution is -2.36. The summed E-state index contributed by atoms with van der Waals surface area (Å²) in [4.78, 5) is 27.6. The van der Waals surface area contributed by atoms with Crippen molar-refractivity contribution >= 4 is 17.9 Å². The Kier molecular flexibility index (Phi) is 8.60. The molecule has 7 nitrogen and oxygen atoms in total. The Morgan fingerprint density at radius 3 is 2.54 bits per heavy atom. The van der Waals surface area contributed by atoms with Gasteiger partial charge in [-0.15, -0.1) is 0 Å². The number of nitrogens with one attached hydrogen (secondary N) is 2. The van der Waals surface area contributed by atoms with Crippen LogP contribution in [0.2, 0.25) is 0 Å². The predicted molar refractivity (Wildman–Crippen MR) is 141 cm³/mol. The third-order valence-corrected chi connectivity index (χ3v) is 7.93. The summed E-state index contributed by atoms with van der Waals surface area (Å²) in [7, 11) is 4.08. The minimum absolute atomic E-state index is 0.0636. The molecule has 0 unspecified atom stereocenters. The van der Waals surface area contributed by atoms with E-state index in [2.05, 4.69) is 27.7 Å². The molecule has 2 saturated carbocycles. The Morgan fingerprint density at radius 2 is 1.86 bits per heavy atom. The Bertz CT molecular complexity index is 1020. The number of hydrogen-bond acceptors (Lipinski definition) is 5. The van der Waals surface area contributed by atoms with Gasteiger partial charge in [0.15, 0.2) is 6.29 Å². The van der Waals surface area contributed by atoms with Gasteiger partial charge in [-0.05, 0) is 70.3 Å². The van der Waals surface area contributed by atoms with Crippen molar-refractivity contribution in [1.82, 2.24) is 20.0 Å². The van der Waals surface area contributed by atoms with E-state index in [4.69, 9.17) is 0 Å². The number of aldehydes is 1. The van der Waals surface area contributed by atoms with E-state index >= 15 is 0 Å². The number of carbonyl (C=O) groups is 2. The zero-order valence-electron chi connectivity index (χ0n) is 21.6. The van der Waals surface area contributed by atoms with E-state index < -0.39 is 0 Å². The molecule has 7 heteroatoms. The fraction of sp³-hybridized carbons (Fsp3) is 0.607. The van der Waals surface area contributed by atoms with Crippen LogP contribution >= 0.6 is 0 Å². The average molecular weight is 480 g/mol. The van der Waals surface area contributed by atoms with Crippen LogP contribution in [0.25, 0.3) is 11.3 Å². The van der Waals surface area contributed by atoms with Crippen molar-refractivity contribution in [2.45, 2.75) is 83.2 Å². The highest BCUT2D eigenvalue weighted by Crippen LogP contribution is 2.38. The lowest BCUT2D eigenvalue weighted by Gasteiger charge is -2.31. The van der Waals surface area contributed by atoms with Gasteiger partial charge in [-0.2, -0.15) is 5.10 Å². The van der Waals surface area contributed by atoms with Gasteiger partial charge < -0.3 is 15.5 Å². The Hall–Kier alpha value is -2.67. The standard InChI is InChI=1S/C28H41N5O2/c1-20-16-26(29-2)25(27-21(19-34)18-31-33(27)23-12-7-8-13-23)17-24(20)28(35)30-14-9-15-32(3)22-10-5-4-6-11-22/h16-19,22-23,29H,4-15H2,1-3H3,(H,30,35). The molecular formula is C28H41N5O2. The number of aryl methyl sites for hydroxylation is 1. The number of aromatic nitrogens is 2. The number of nitrogens with zero attached hydrogens (tertiary/aromatic N) is 3. The van der Waals surface area contributed by atoms with Crippen molar-refractivity contribution in [2.24, 2.45) is 0 Å². The van der Waals surface area contributed by atoms with E-state index in [9.17, 15) is 9.59 Å². The summed E-state index contributed by atoms with van der Waals surface area (Å²) in [6, 6.07) is 4.92. The fourth-order valence-corrected chi connectivity index (χ4v) is 5.85. The van der Waals surface area contributed by atoms with Gasteiger partial charge in [0, 0.05) is 36.4 Å². The van der Waals surface area contributed by atoms with Crippen LogP contribution in [-0.2, 0) is 0 Å². The van der Waals surface area contributed by atoms with Gasteiger partial charge in [0.05, 0.1) is 23.5 Å². The first-order chi connectivity index (χ1) is 17.0. The summed E-state index contributed by atoms with van der Waals surface area (Å²) in [6.07, 6.45) is 14.6. The van der Waals surface area contributed by atoms with Crippen LogP contribution in [0.1, 0.15) is 96.5 Å². The molecule has 2 aromatic rings. The second-order valence-electron chi connectivity index (χ2n) is 10.3. The number of carbonyl (C=O) groups excluding carboxylic acids is 2. The molecule has 1 heterocycles. The molecule has 2 aliphatic rings. The first kappa shape index (κ1) is 25.4. The molecule has 1 aromatic carbocycles. The van der Waals surface area contributed by atoms with Crippen LogP contribution in [0.5, 0.6) is 0 Å². The maximum absolute atomic E-state index is 13.2. The summed E-state index contributed by atoms with van der Waals surface area (Å²) in [5.74, 6) is -0.0636. The summed E-state index contributed by atoms with van der Waals surface area (Å²) in [5, 5.41) is 11.0. The van der Waals surface area contributed by atoms with Crippen LogP contribution in [0.4, 0.5) is 5.69 Å². The summed E-state index contributed by atoms with van der Waals surface area (Å²) in [6.45, 7) is 3.61. The molecule has 0 aliphatic heterocycles. The van der Waals surface area contributed by atoms with Crippen molar-refractivity contribution in [3.8, 4) is 11.3 Å². The van der Waals surface area contributed by atoms with E-state index in [0.29, 0.717) is 29.8 Å². The normalized spacial score (nSPS) is 17.1. The first-order valence-corrected chi connectivity index (χ1v) is 13.4. The fourth-order valence-electron chi connectivity index (χ4n) is 5.85. The Balaban J connectivity index is 1.49.